The minimum Gasteiger partial charge on any atom is -0.301 e. The van der Waals surface area contributed by atoms with Gasteiger partial charge in [-0.25, -0.2) is 8.42 Å². The average Bonchev–Trinajstić information content (AvgIpc) is 2.45. The molecule has 21 heavy (non-hydrogen) atoms. The summed E-state index contributed by atoms with van der Waals surface area (Å²) >= 11 is 0. The largest absolute Gasteiger partial charge is 0.301 e. The average molecular weight is 317 g/mol. The number of nitrogens with zero attached hydrogens (tertiary/aromatic N) is 2. The highest BCUT2D eigenvalue weighted by Gasteiger charge is 2.33. The van der Waals surface area contributed by atoms with Crippen molar-refractivity contribution in [2.24, 2.45) is 5.92 Å². The van der Waals surface area contributed by atoms with E-state index in [9.17, 15) is 8.42 Å². The molecule has 4 nitrogen and oxygen atoms in total. The maximum Gasteiger partial charge on any atom is 0.150 e. The van der Waals surface area contributed by atoms with Crippen molar-refractivity contribution in [2.45, 2.75) is 57.2 Å². The van der Waals surface area contributed by atoms with E-state index in [1.165, 1.54) is 25.6 Å². The number of hydrogen-bond donors (Lipinski definition) is 0. The topological polar surface area (TPSA) is 40.6 Å². The summed E-state index contributed by atoms with van der Waals surface area (Å²) in [5.74, 6) is 0.775. The van der Waals surface area contributed by atoms with E-state index in [4.69, 9.17) is 0 Å². The molecular weight excluding hydrogens is 284 g/mol. The molecule has 2 rings (SSSR count). The second-order valence-corrected chi connectivity index (χ2v) is 9.66. The first-order valence-corrected chi connectivity index (χ1v) is 10.5. The van der Waals surface area contributed by atoms with E-state index in [1.807, 2.05) is 0 Å². The third-order valence-corrected chi connectivity index (χ3v) is 6.79. The number of piperazine rings is 1. The van der Waals surface area contributed by atoms with E-state index >= 15 is 0 Å². The van der Waals surface area contributed by atoms with Crippen molar-refractivity contribution in [1.29, 1.82) is 0 Å². The zero-order valence-corrected chi connectivity index (χ0v) is 14.7. The van der Waals surface area contributed by atoms with E-state index in [0.717, 1.165) is 51.4 Å². The van der Waals surface area contributed by atoms with Gasteiger partial charge in [0.2, 0.25) is 0 Å². The minimum absolute atomic E-state index is 0.102. The third kappa shape index (κ3) is 5.22. The summed E-state index contributed by atoms with van der Waals surface area (Å²) in [6, 6.07) is 0.491. The summed E-state index contributed by atoms with van der Waals surface area (Å²) in [6.45, 7) is 10.3. The first-order valence-electron chi connectivity index (χ1n) is 8.51. The molecule has 0 N–H and O–H groups in total. The molecule has 0 amide bonds. The van der Waals surface area contributed by atoms with Crippen LogP contribution in [-0.4, -0.2) is 68.5 Å². The summed E-state index contributed by atoms with van der Waals surface area (Å²) in [5, 5.41) is -0.102. The fourth-order valence-electron chi connectivity index (χ4n) is 3.63. The van der Waals surface area contributed by atoms with E-state index in [2.05, 4.69) is 23.6 Å². The molecule has 1 heterocycles. The van der Waals surface area contributed by atoms with Gasteiger partial charge in [-0.3, -0.25) is 4.90 Å². The van der Waals surface area contributed by atoms with Gasteiger partial charge in [0.25, 0.3) is 0 Å². The van der Waals surface area contributed by atoms with Crippen molar-refractivity contribution < 1.29 is 8.42 Å². The Balaban J connectivity index is 1.79. The van der Waals surface area contributed by atoms with Crippen molar-refractivity contribution >= 4 is 9.84 Å². The Labute approximate surface area is 130 Å². The molecule has 0 spiro atoms. The number of sulfone groups is 1. The van der Waals surface area contributed by atoms with Crippen LogP contribution >= 0.6 is 0 Å². The minimum atomic E-state index is -2.86. The lowest BCUT2D eigenvalue weighted by molar-refractivity contribution is 0.0774. The fraction of sp³-hybridized carbons (Fsp3) is 1.00. The van der Waals surface area contributed by atoms with Gasteiger partial charge in [0, 0.05) is 38.5 Å². The van der Waals surface area contributed by atoms with Crippen molar-refractivity contribution in [2.75, 3.05) is 39.0 Å². The van der Waals surface area contributed by atoms with Crippen molar-refractivity contribution in [1.82, 2.24) is 9.80 Å². The highest BCUT2D eigenvalue weighted by Crippen LogP contribution is 2.28. The Morgan fingerprint density at radius 3 is 2.33 bits per heavy atom. The highest BCUT2D eigenvalue weighted by atomic mass is 32.2. The summed E-state index contributed by atoms with van der Waals surface area (Å²) < 4.78 is 23.6. The molecule has 0 aromatic heterocycles. The van der Waals surface area contributed by atoms with Crippen LogP contribution in [0.15, 0.2) is 0 Å². The van der Waals surface area contributed by atoms with Crippen LogP contribution in [0, 0.1) is 5.92 Å². The summed E-state index contributed by atoms with van der Waals surface area (Å²) in [7, 11) is -2.86. The number of rotatable bonds is 5. The second-order valence-electron chi connectivity index (χ2n) is 7.33. The second kappa shape index (κ2) is 7.42. The molecule has 1 aliphatic heterocycles. The highest BCUT2D eigenvalue weighted by molar-refractivity contribution is 7.91. The summed E-state index contributed by atoms with van der Waals surface area (Å²) in [4.78, 5) is 5.11. The summed E-state index contributed by atoms with van der Waals surface area (Å²) in [5.41, 5.74) is 0. The van der Waals surface area contributed by atoms with Gasteiger partial charge in [0.05, 0.1) is 5.25 Å². The predicted octanol–water partition coefficient (Wildman–Crippen LogP) is 2.01. The van der Waals surface area contributed by atoms with E-state index < -0.39 is 9.84 Å². The van der Waals surface area contributed by atoms with Crippen molar-refractivity contribution in [3.8, 4) is 0 Å². The molecule has 0 unspecified atom stereocenters. The van der Waals surface area contributed by atoms with Crippen molar-refractivity contribution in [3.05, 3.63) is 0 Å². The van der Waals surface area contributed by atoms with E-state index in [1.54, 1.807) is 0 Å². The normalized spacial score (nSPS) is 29.9. The van der Waals surface area contributed by atoms with Gasteiger partial charge in [-0.05, 0) is 38.1 Å². The molecule has 0 bridgehead atoms. The van der Waals surface area contributed by atoms with Crippen LogP contribution in [0.2, 0.25) is 0 Å². The Morgan fingerprint density at radius 2 is 1.76 bits per heavy atom. The molecular formula is C16H32N2O2S. The first kappa shape index (κ1) is 17.2. The zero-order chi connectivity index (χ0) is 15.5. The monoisotopic (exact) mass is 316 g/mol. The molecule has 1 saturated carbocycles. The lowest BCUT2D eigenvalue weighted by Gasteiger charge is -2.42. The lowest BCUT2D eigenvalue weighted by atomic mass is 9.93. The summed E-state index contributed by atoms with van der Waals surface area (Å²) in [6.07, 6.45) is 6.64. The molecule has 2 atom stereocenters. The quantitative estimate of drug-likeness (QED) is 0.778. The number of hydrogen-bond acceptors (Lipinski definition) is 4. The van der Waals surface area contributed by atoms with Crippen LogP contribution in [0.5, 0.6) is 0 Å². The van der Waals surface area contributed by atoms with Crippen LogP contribution in [0.4, 0.5) is 0 Å². The molecule has 5 heteroatoms. The molecule has 1 saturated heterocycles. The van der Waals surface area contributed by atoms with Crippen LogP contribution in [0.1, 0.15) is 46.0 Å². The zero-order valence-electron chi connectivity index (χ0n) is 13.9. The fourth-order valence-corrected chi connectivity index (χ4v) is 4.80. The standard InChI is InChI=1S/C16H32N2O2S/c1-14(2)7-8-17-9-11-18(12-10-17)15-5-4-6-16(13-15)21(3,19)20/h14-16H,4-13H2,1-3H3/t15-,16+/m0/s1. The van der Waals surface area contributed by atoms with Gasteiger partial charge in [0.1, 0.15) is 9.84 Å². The van der Waals surface area contributed by atoms with Gasteiger partial charge in [-0.15, -0.1) is 0 Å². The Morgan fingerprint density at radius 1 is 1.10 bits per heavy atom. The third-order valence-electron chi connectivity index (χ3n) is 5.15. The molecule has 2 aliphatic rings. The molecule has 0 aromatic rings. The van der Waals surface area contributed by atoms with Gasteiger partial charge in [-0.1, -0.05) is 20.3 Å². The van der Waals surface area contributed by atoms with Crippen LogP contribution < -0.4 is 0 Å². The SMILES string of the molecule is CC(C)CCN1CCN([C@H]2CCC[C@@H](S(C)(=O)=O)C2)CC1. The first-order chi connectivity index (χ1) is 9.86. The van der Waals surface area contributed by atoms with Crippen molar-refractivity contribution in [3.63, 3.8) is 0 Å². The molecule has 0 radical (unpaired) electrons. The van der Waals surface area contributed by atoms with E-state index in [-0.39, 0.29) is 5.25 Å². The molecule has 1 aliphatic carbocycles. The van der Waals surface area contributed by atoms with Gasteiger partial charge in [-0.2, -0.15) is 0 Å². The van der Waals surface area contributed by atoms with Gasteiger partial charge >= 0.3 is 0 Å². The Bertz CT molecular complexity index is 414. The van der Waals surface area contributed by atoms with E-state index in [0.29, 0.717) is 6.04 Å². The maximum atomic E-state index is 11.8. The Kier molecular flexibility index (Phi) is 6.09. The van der Waals surface area contributed by atoms with Crippen LogP contribution in [-0.2, 0) is 9.84 Å². The van der Waals surface area contributed by atoms with Crippen LogP contribution in [0.25, 0.3) is 0 Å². The maximum absolute atomic E-state index is 11.8. The van der Waals surface area contributed by atoms with Gasteiger partial charge < -0.3 is 4.90 Å². The predicted molar refractivity (Wildman–Crippen MR) is 88.4 cm³/mol. The molecule has 124 valence electrons. The van der Waals surface area contributed by atoms with Crippen LogP contribution in [0.3, 0.4) is 0 Å². The van der Waals surface area contributed by atoms with Gasteiger partial charge in [0.15, 0.2) is 0 Å². The lowest BCUT2D eigenvalue weighted by Crippen LogP contribution is -2.52. The molecule has 2 fully saturated rings. The molecule has 0 aromatic carbocycles. The smallest absolute Gasteiger partial charge is 0.150 e. The Hall–Kier alpha value is -0.130.